The van der Waals surface area contributed by atoms with Gasteiger partial charge in [-0.05, 0) is 26.2 Å². The van der Waals surface area contributed by atoms with Gasteiger partial charge in [0, 0.05) is 32.1 Å². The Balaban J connectivity index is 0.000000421. The van der Waals surface area contributed by atoms with Gasteiger partial charge in [0.15, 0.2) is 11.6 Å². The molecule has 0 unspecified atom stereocenters. The molecule has 196 valence electrons. The van der Waals surface area contributed by atoms with Crippen LogP contribution in [0.3, 0.4) is 0 Å². The summed E-state index contributed by atoms with van der Waals surface area (Å²) in [5.74, 6) is -2.24. The number of alkyl halides is 3. The van der Waals surface area contributed by atoms with Crippen LogP contribution in [0, 0.1) is 11.7 Å². The number of ketones is 1. The topological polar surface area (TPSA) is 88.9 Å². The second kappa shape index (κ2) is 10.8. The van der Waals surface area contributed by atoms with E-state index in [0.717, 1.165) is 35.8 Å². The minimum Gasteiger partial charge on any atom is -0.379 e. The van der Waals surface area contributed by atoms with E-state index in [4.69, 9.17) is 9.47 Å². The molecule has 2 saturated heterocycles. The molecule has 4 aliphatic rings. The number of Topliss-reactive ketones (excluding diaryl/α,β-unsaturated/α-hetero) is 1. The summed E-state index contributed by atoms with van der Waals surface area (Å²) >= 11 is 0. The fraction of sp³-hybridized carbons (Fsp3) is 0.773. The second-order valence-electron chi connectivity index (χ2n) is 9.20. The molecule has 0 bridgehead atoms. The molecular formula is C22H31F4N5O4. The Labute approximate surface area is 200 Å². The van der Waals surface area contributed by atoms with Crippen LogP contribution in [0.15, 0.2) is 4.79 Å². The third kappa shape index (κ3) is 5.95. The van der Waals surface area contributed by atoms with Gasteiger partial charge in [-0.2, -0.15) is 22.5 Å². The maximum atomic E-state index is 14.8. The van der Waals surface area contributed by atoms with Crippen LogP contribution in [0.25, 0.3) is 0 Å². The van der Waals surface area contributed by atoms with Crippen molar-refractivity contribution in [2.24, 2.45) is 5.92 Å². The molecule has 1 N–H and O–H groups in total. The van der Waals surface area contributed by atoms with Crippen molar-refractivity contribution >= 4 is 17.5 Å². The number of nitrogens with zero attached hydrogens (tertiary/aromatic N) is 4. The predicted octanol–water partition coefficient (Wildman–Crippen LogP) is 1.33. The molecule has 3 aliphatic heterocycles. The molecule has 9 nitrogen and oxygen atoms in total. The molecule has 5 rings (SSSR count). The molecule has 1 aromatic rings. The highest BCUT2D eigenvalue weighted by Crippen LogP contribution is 2.37. The summed E-state index contributed by atoms with van der Waals surface area (Å²) in [6.45, 7) is 5.62. The van der Waals surface area contributed by atoms with E-state index in [0.29, 0.717) is 19.4 Å². The van der Waals surface area contributed by atoms with Crippen LogP contribution in [0.5, 0.6) is 0 Å². The number of carbonyl (C=O) groups excluding carboxylic acids is 1. The van der Waals surface area contributed by atoms with Gasteiger partial charge in [-0.3, -0.25) is 14.2 Å². The number of ether oxygens (including phenoxy) is 2. The largest absolute Gasteiger partial charge is 0.408 e. The summed E-state index contributed by atoms with van der Waals surface area (Å²) in [7, 11) is 0. The van der Waals surface area contributed by atoms with E-state index in [1.807, 2.05) is 0 Å². The van der Waals surface area contributed by atoms with Crippen molar-refractivity contribution < 1.29 is 31.8 Å². The first-order chi connectivity index (χ1) is 16.7. The number of rotatable bonds is 4. The van der Waals surface area contributed by atoms with Crippen LogP contribution >= 0.6 is 0 Å². The lowest BCUT2D eigenvalue weighted by Crippen LogP contribution is -2.55. The summed E-state index contributed by atoms with van der Waals surface area (Å²) in [6.07, 6.45) is -3.73. The summed E-state index contributed by atoms with van der Waals surface area (Å²) in [5.41, 5.74) is -1.02. The Hall–Kier alpha value is -2.25. The molecule has 1 aromatic heterocycles. The SMILES string of the molecule is C1COCCN1.C[C@H]1COCCN1c1nc2n(c(=O)c1F)CC[C@@H](C(F)(F)F)N2CC(=O)C1CC1. The lowest BCUT2D eigenvalue weighted by molar-refractivity contribution is -0.153. The van der Waals surface area contributed by atoms with E-state index in [2.05, 4.69) is 10.3 Å². The molecule has 0 radical (unpaired) electrons. The zero-order chi connectivity index (χ0) is 25.2. The van der Waals surface area contributed by atoms with E-state index in [-0.39, 0.29) is 49.2 Å². The van der Waals surface area contributed by atoms with Gasteiger partial charge in [0.2, 0.25) is 11.8 Å². The zero-order valence-corrected chi connectivity index (χ0v) is 19.7. The molecule has 4 heterocycles. The van der Waals surface area contributed by atoms with Crippen molar-refractivity contribution in [2.45, 2.75) is 51.0 Å². The zero-order valence-electron chi connectivity index (χ0n) is 19.7. The third-order valence-corrected chi connectivity index (χ3v) is 6.56. The average molecular weight is 506 g/mol. The van der Waals surface area contributed by atoms with Crippen LogP contribution in [-0.2, 0) is 20.8 Å². The number of halogens is 4. The molecule has 0 amide bonds. The van der Waals surface area contributed by atoms with Crippen molar-refractivity contribution in [1.82, 2.24) is 14.9 Å². The number of aromatic nitrogens is 2. The van der Waals surface area contributed by atoms with Crippen LogP contribution in [0.1, 0.15) is 26.2 Å². The Bertz CT molecular complexity index is 953. The highest BCUT2D eigenvalue weighted by Gasteiger charge is 2.48. The molecule has 2 atom stereocenters. The lowest BCUT2D eigenvalue weighted by atomic mass is 10.1. The normalized spacial score (nSPS) is 24.9. The summed E-state index contributed by atoms with van der Waals surface area (Å²) < 4.78 is 67.1. The standard InChI is InChI=1S/C18H22F4N4O3.C4H9NO/c1-10-9-29-7-6-24(10)15-14(19)16(28)25-5-4-13(18(20,21)22)26(17(25)23-15)8-12(27)11-2-3-11;1-3-6-4-2-5-1/h10-11,13H,2-9H2,1H3;5H,1-4H2/t10-,13-;/m0./s1. The van der Waals surface area contributed by atoms with Gasteiger partial charge in [-0.1, -0.05) is 0 Å². The first-order valence-corrected chi connectivity index (χ1v) is 12.0. The minimum absolute atomic E-state index is 0.245. The fourth-order valence-electron chi connectivity index (χ4n) is 4.45. The Morgan fingerprint density at radius 2 is 1.83 bits per heavy atom. The van der Waals surface area contributed by atoms with Crippen molar-refractivity contribution in [2.75, 3.05) is 62.4 Å². The predicted molar refractivity (Wildman–Crippen MR) is 119 cm³/mol. The van der Waals surface area contributed by atoms with Gasteiger partial charge in [0.05, 0.1) is 39.0 Å². The first-order valence-electron chi connectivity index (χ1n) is 12.0. The van der Waals surface area contributed by atoms with Crippen LogP contribution in [0.4, 0.5) is 29.3 Å². The van der Waals surface area contributed by atoms with E-state index in [1.165, 1.54) is 4.90 Å². The summed E-state index contributed by atoms with van der Waals surface area (Å²) in [4.78, 5) is 31.5. The number of carbonyl (C=O) groups is 1. The van der Waals surface area contributed by atoms with E-state index in [9.17, 15) is 27.2 Å². The summed E-state index contributed by atoms with van der Waals surface area (Å²) in [5, 5.41) is 3.16. The third-order valence-electron chi connectivity index (χ3n) is 6.56. The Kier molecular flexibility index (Phi) is 7.96. The number of hydrogen-bond acceptors (Lipinski definition) is 8. The van der Waals surface area contributed by atoms with Crippen molar-refractivity contribution in [1.29, 1.82) is 0 Å². The fourth-order valence-corrected chi connectivity index (χ4v) is 4.45. The van der Waals surface area contributed by atoms with Gasteiger partial charge in [0.1, 0.15) is 6.04 Å². The molecule has 1 aliphatic carbocycles. The van der Waals surface area contributed by atoms with Gasteiger partial charge < -0.3 is 24.6 Å². The number of hydrogen-bond donors (Lipinski definition) is 1. The lowest BCUT2D eigenvalue weighted by Gasteiger charge is -2.40. The molecular weight excluding hydrogens is 474 g/mol. The Morgan fingerprint density at radius 3 is 2.37 bits per heavy atom. The number of fused-ring (bicyclic) bond motifs is 1. The van der Waals surface area contributed by atoms with Crippen LogP contribution in [0.2, 0.25) is 0 Å². The maximum Gasteiger partial charge on any atom is 0.408 e. The average Bonchev–Trinajstić information content (AvgIpc) is 3.69. The van der Waals surface area contributed by atoms with Gasteiger partial charge in [0.25, 0.3) is 5.56 Å². The van der Waals surface area contributed by atoms with Crippen molar-refractivity contribution in [3.8, 4) is 0 Å². The van der Waals surface area contributed by atoms with Crippen molar-refractivity contribution in [3.05, 3.63) is 16.2 Å². The number of morpholine rings is 2. The smallest absolute Gasteiger partial charge is 0.379 e. The monoisotopic (exact) mass is 505 g/mol. The molecule has 13 heteroatoms. The van der Waals surface area contributed by atoms with E-state index < -0.39 is 36.6 Å². The van der Waals surface area contributed by atoms with E-state index in [1.54, 1.807) is 6.92 Å². The summed E-state index contributed by atoms with van der Waals surface area (Å²) in [6, 6.07) is -2.24. The molecule has 1 saturated carbocycles. The number of nitrogens with one attached hydrogen (secondary N) is 1. The van der Waals surface area contributed by atoms with Crippen LogP contribution < -0.4 is 20.7 Å². The molecule has 35 heavy (non-hydrogen) atoms. The quantitative estimate of drug-likeness (QED) is 0.614. The highest BCUT2D eigenvalue weighted by molar-refractivity contribution is 5.87. The van der Waals surface area contributed by atoms with Crippen LogP contribution in [-0.4, -0.2) is 86.2 Å². The Morgan fingerprint density at radius 1 is 1.11 bits per heavy atom. The number of anilines is 2. The van der Waals surface area contributed by atoms with Crippen molar-refractivity contribution in [3.63, 3.8) is 0 Å². The van der Waals surface area contributed by atoms with E-state index >= 15 is 0 Å². The first kappa shape index (κ1) is 25.8. The molecule has 0 aromatic carbocycles. The second-order valence-corrected chi connectivity index (χ2v) is 9.20. The van der Waals surface area contributed by atoms with Gasteiger partial charge in [-0.15, -0.1) is 0 Å². The van der Waals surface area contributed by atoms with Gasteiger partial charge in [-0.25, -0.2) is 0 Å². The highest BCUT2D eigenvalue weighted by atomic mass is 19.4. The minimum atomic E-state index is -4.60. The molecule has 3 fully saturated rings. The van der Waals surface area contributed by atoms with Gasteiger partial charge >= 0.3 is 6.18 Å². The molecule has 0 spiro atoms. The maximum absolute atomic E-state index is 14.8.